The molecule has 0 heterocycles. The van der Waals surface area contributed by atoms with Crippen molar-refractivity contribution < 1.29 is 14.3 Å². The first-order chi connectivity index (χ1) is 15.6. The number of benzene rings is 3. The number of ether oxygens (including phenoxy) is 1. The summed E-state index contributed by atoms with van der Waals surface area (Å²) in [6.45, 7) is 2.60. The van der Waals surface area contributed by atoms with Gasteiger partial charge in [0.05, 0.1) is 7.11 Å². The van der Waals surface area contributed by atoms with Crippen LogP contribution in [0.15, 0.2) is 84.9 Å². The highest BCUT2D eigenvalue weighted by Crippen LogP contribution is 2.18. The van der Waals surface area contributed by atoms with Crippen LogP contribution in [0.4, 0.5) is 0 Å². The SMILES string of the molecule is CCC(=O)N(Cc1ccc(OC)cc1)[C@@H](Cc1ccccc1)C(=O)NCc1ccccc1. The Labute approximate surface area is 190 Å². The third-order valence-electron chi connectivity index (χ3n) is 5.40. The minimum Gasteiger partial charge on any atom is -0.497 e. The van der Waals surface area contributed by atoms with Gasteiger partial charge in [-0.15, -0.1) is 0 Å². The van der Waals surface area contributed by atoms with Crippen LogP contribution in [-0.2, 0) is 29.1 Å². The number of nitrogens with zero attached hydrogens (tertiary/aromatic N) is 1. The number of amides is 2. The Morgan fingerprint density at radius 1 is 0.844 bits per heavy atom. The number of carbonyl (C=O) groups is 2. The average Bonchev–Trinajstić information content (AvgIpc) is 2.85. The van der Waals surface area contributed by atoms with Crippen molar-refractivity contribution in [2.45, 2.75) is 38.9 Å². The molecule has 3 aromatic carbocycles. The Morgan fingerprint density at radius 3 is 2.00 bits per heavy atom. The van der Waals surface area contributed by atoms with Crippen LogP contribution in [-0.4, -0.2) is 29.9 Å². The molecule has 2 amide bonds. The monoisotopic (exact) mass is 430 g/mol. The van der Waals surface area contributed by atoms with Crippen LogP contribution in [0, 0.1) is 0 Å². The largest absolute Gasteiger partial charge is 0.497 e. The summed E-state index contributed by atoms with van der Waals surface area (Å²) in [6.07, 6.45) is 0.775. The van der Waals surface area contributed by atoms with Gasteiger partial charge in [0.2, 0.25) is 11.8 Å². The predicted octanol–water partition coefficient (Wildman–Crippen LogP) is 4.36. The summed E-state index contributed by atoms with van der Waals surface area (Å²) < 4.78 is 5.24. The molecule has 3 aromatic rings. The van der Waals surface area contributed by atoms with E-state index >= 15 is 0 Å². The van der Waals surface area contributed by atoms with E-state index in [-0.39, 0.29) is 11.8 Å². The highest BCUT2D eigenvalue weighted by atomic mass is 16.5. The number of carbonyl (C=O) groups excluding carboxylic acids is 2. The molecule has 166 valence electrons. The minimum atomic E-state index is -0.615. The molecule has 0 bridgehead atoms. The first kappa shape index (κ1) is 23.1. The topological polar surface area (TPSA) is 58.6 Å². The lowest BCUT2D eigenvalue weighted by atomic mass is 10.0. The standard InChI is InChI=1S/C27H30N2O3/c1-3-26(30)29(20-23-14-16-24(32-2)17-15-23)25(18-21-10-6-4-7-11-21)27(31)28-19-22-12-8-5-9-13-22/h4-17,25H,3,18-20H2,1-2H3,(H,28,31)/t25-/m0/s1. The lowest BCUT2D eigenvalue weighted by molar-refractivity contribution is -0.141. The lowest BCUT2D eigenvalue weighted by Gasteiger charge is -2.31. The molecule has 0 aliphatic carbocycles. The van der Waals surface area contributed by atoms with Crippen LogP contribution in [0.5, 0.6) is 5.75 Å². The van der Waals surface area contributed by atoms with E-state index in [0.717, 1.165) is 22.4 Å². The van der Waals surface area contributed by atoms with Gasteiger partial charge in [-0.1, -0.05) is 79.7 Å². The van der Waals surface area contributed by atoms with Gasteiger partial charge >= 0.3 is 0 Å². The number of methoxy groups -OCH3 is 1. The fourth-order valence-corrected chi connectivity index (χ4v) is 3.59. The average molecular weight is 431 g/mol. The zero-order valence-corrected chi connectivity index (χ0v) is 18.7. The van der Waals surface area contributed by atoms with E-state index in [4.69, 9.17) is 4.74 Å². The second kappa shape index (κ2) is 11.7. The summed E-state index contributed by atoms with van der Waals surface area (Å²) in [7, 11) is 1.62. The summed E-state index contributed by atoms with van der Waals surface area (Å²) in [6, 6.07) is 26.6. The van der Waals surface area contributed by atoms with Crippen LogP contribution >= 0.6 is 0 Å². The molecule has 0 aromatic heterocycles. The molecule has 32 heavy (non-hydrogen) atoms. The lowest BCUT2D eigenvalue weighted by Crippen LogP contribution is -2.50. The van der Waals surface area contributed by atoms with Crippen molar-refractivity contribution in [2.75, 3.05) is 7.11 Å². The quantitative estimate of drug-likeness (QED) is 0.520. The van der Waals surface area contributed by atoms with Gasteiger partial charge in [-0.2, -0.15) is 0 Å². The van der Waals surface area contributed by atoms with Crippen LogP contribution in [0.1, 0.15) is 30.0 Å². The van der Waals surface area contributed by atoms with Crippen molar-refractivity contribution in [1.82, 2.24) is 10.2 Å². The molecule has 0 aliphatic rings. The third kappa shape index (κ3) is 6.45. The molecule has 3 rings (SSSR count). The van der Waals surface area contributed by atoms with Gasteiger partial charge in [-0.05, 0) is 28.8 Å². The Kier molecular flexibility index (Phi) is 8.44. The molecule has 5 nitrogen and oxygen atoms in total. The maximum absolute atomic E-state index is 13.3. The van der Waals surface area contributed by atoms with Gasteiger partial charge in [0.15, 0.2) is 0 Å². The van der Waals surface area contributed by atoms with E-state index in [2.05, 4.69) is 5.32 Å². The molecule has 0 saturated carbocycles. The first-order valence-electron chi connectivity index (χ1n) is 10.9. The number of nitrogens with one attached hydrogen (secondary N) is 1. The highest BCUT2D eigenvalue weighted by molar-refractivity contribution is 5.88. The zero-order valence-electron chi connectivity index (χ0n) is 18.7. The Balaban J connectivity index is 1.85. The van der Waals surface area contributed by atoms with Crippen molar-refractivity contribution in [1.29, 1.82) is 0 Å². The van der Waals surface area contributed by atoms with E-state index in [0.29, 0.717) is 25.9 Å². The summed E-state index contributed by atoms with van der Waals surface area (Å²) >= 11 is 0. The smallest absolute Gasteiger partial charge is 0.243 e. The first-order valence-corrected chi connectivity index (χ1v) is 10.9. The molecular formula is C27H30N2O3. The van der Waals surface area contributed by atoms with E-state index in [1.54, 1.807) is 12.0 Å². The maximum atomic E-state index is 13.3. The van der Waals surface area contributed by atoms with Crippen LogP contribution in [0.2, 0.25) is 0 Å². The van der Waals surface area contributed by atoms with Crippen molar-refractivity contribution in [2.24, 2.45) is 0 Å². The maximum Gasteiger partial charge on any atom is 0.243 e. The van der Waals surface area contributed by atoms with Crippen LogP contribution in [0.3, 0.4) is 0 Å². The van der Waals surface area contributed by atoms with Gasteiger partial charge in [-0.25, -0.2) is 0 Å². The normalized spacial score (nSPS) is 11.4. The molecule has 0 saturated heterocycles. The Hall–Kier alpha value is -3.60. The van der Waals surface area contributed by atoms with Crippen LogP contribution in [0.25, 0.3) is 0 Å². The number of hydrogen-bond acceptors (Lipinski definition) is 3. The highest BCUT2D eigenvalue weighted by Gasteiger charge is 2.29. The minimum absolute atomic E-state index is 0.0587. The van der Waals surface area contributed by atoms with Crippen molar-refractivity contribution in [3.8, 4) is 5.75 Å². The summed E-state index contributed by atoms with van der Waals surface area (Å²) in [5.74, 6) is 0.535. The molecule has 0 spiro atoms. The molecule has 1 atom stereocenters. The second-order valence-corrected chi connectivity index (χ2v) is 7.63. The summed E-state index contributed by atoms with van der Waals surface area (Å²) in [5.41, 5.74) is 2.97. The van der Waals surface area contributed by atoms with Crippen molar-refractivity contribution in [3.63, 3.8) is 0 Å². The van der Waals surface area contributed by atoms with Crippen molar-refractivity contribution in [3.05, 3.63) is 102 Å². The van der Waals surface area contributed by atoms with Gasteiger partial charge in [-0.3, -0.25) is 9.59 Å². The van der Waals surface area contributed by atoms with Gasteiger partial charge in [0.1, 0.15) is 11.8 Å². The molecule has 0 radical (unpaired) electrons. The van der Waals surface area contributed by atoms with E-state index in [9.17, 15) is 9.59 Å². The Bertz CT molecular complexity index is 988. The summed E-state index contributed by atoms with van der Waals surface area (Å²) in [5, 5.41) is 3.03. The fraction of sp³-hybridized carbons (Fsp3) is 0.259. The molecule has 1 N–H and O–H groups in total. The van der Waals surface area contributed by atoms with Gasteiger partial charge in [0.25, 0.3) is 0 Å². The van der Waals surface area contributed by atoms with Gasteiger partial charge < -0.3 is 15.0 Å². The summed E-state index contributed by atoms with van der Waals surface area (Å²) in [4.78, 5) is 28.0. The predicted molar refractivity (Wildman–Crippen MR) is 126 cm³/mol. The molecule has 0 fully saturated rings. The molecule has 5 heteroatoms. The van der Waals surface area contributed by atoms with E-state index < -0.39 is 6.04 Å². The van der Waals surface area contributed by atoms with Crippen LogP contribution < -0.4 is 10.1 Å². The van der Waals surface area contributed by atoms with Gasteiger partial charge in [0, 0.05) is 25.9 Å². The van der Waals surface area contributed by atoms with Crippen molar-refractivity contribution >= 4 is 11.8 Å². The second-order valence-electron chi connectivity index (χ2n) is 7.63. The molecular weight excluding hydrogens is 400 g/mol. The zero-order chi connectivity index (χ0) is 22.8. The number of rotatable bonds is 10. The molecule has 0 aliphatic heterocycles. The fourth-order valence-electron chi connectivity index (χ4n) is 3.59. The Morgan fingerprint density at radius 2 is 1.44 bits per heavy atom. The van der Waals surface area contributed by atoms with E-state index in [1.165, 1.54) is 0 Å². The van der Waals surface area contributed by atoms with E-state index in [1.807, 2.05) is 91.9 Å². The molecule has 0 unspecified atom stereocenters. The number of hydrogen-bond donors (Lipinski definition) is 1. The third-order valence-corrected chi connectivity index (χ3v) is 5.40.